The predicted octanol–water partition coefficient (Wildman–Crippen LogP) is 4.48. The van der Waals surface area contributed by atoms with E-state index in [1.807, 2.05) is 61.5 Å². The van der Waals surface area contributed by atoms with Crippen molar-refractivity contribution in [2.75, 3.05) is 0 Å². The number of carbonyl (C=O) groups is 1. The second-order valence-corrected chi connectivity index (χ2v) is 5.74. The van der Waals surface area contributed by atoms with Gasteiger partial charge in [0.25, 0.3) is 0 Å². The highest BCUT2D eigenvalue weighted by atomic mass is 32.1. The number of benzene rings is 2. The number of rotatable bonds is 3. The Morgan fingerprint density at radius 3 is 2.43 bits per heavy atom. The summed E-state index contributed by atoms with van der Waals surface area (Å²) in [7, 11) is 0. The summed E-state index contributed by atoms with van der Waals surface area (Å²) in [5.74, 6) is -0.939. The Kier molecular flexibility index (Phi) is 3.54. The quantitative estimate of drug-likeness (QED) is 0.775. The van der Waals surface area contributed by atoms with Crippen LogP contribution in [-0.2, 0) is 0 Å². The maximum atomic E-state index is 11.5. The van der Waals surface area contributed by atoms with Crippen LogP contribution in [0.4, 0.5) is 0 Å². The molecule has 3 rings (SSSR count). The molecule has 3 aromatic rings. The van der Waals surface area contributed by atoms with Gasteiger partial charge in [0.05, 0.1) is 5.69 Å². The third kappa shape index (κ3) is 2.71. The standard InChI is InChI=1S/C17H13NO2S/c1-11-6-5-9-13(10-11)14-15(17(19)20)21-16(18-14)12-7-3-2-4-8-12/h2-10H,1H3,(H,19,20). The number of hydrogen-bond acceptors (Lipinski definition) is 3. The molecule has 0 bridgehead atoms. The van der Waals surface area contributed by atoms with Crippen LogP contribution in [0, 0.1) is 6.92 Å². The summed E-state index contributed by atoms with van der Waals surface area (Å²) >= 11 is 1.21. The van der Waals surface area contributed by atoms with Crippen molar-refractivity contribution < 1.29 is 9.90 Å². The smallest absolute Gasteiger partial charge is 0.348 e. The van der Waals surface area contributed by atoms with Gasteiger partial charge in [0.1, 0.15) is 9.88 Å². The highest BCUT2D eigenvalue weighted by Gasteiger charge is 2.19. The van der Waals surface area contributed by atoms with E-state index in [9.17, 15) is 9.90 Å². The monoisotopic (exact) mass is 295 g/mol. The lowest BCUT2D eigenvalue weighted by molar-refractivity contribution is 0.0702. The molecule has 3 nitrogen and oxygen atoms in total. The average molecular weight is 295 g/mol. The highest BCUT2D eigenvalue weighted by Crippen LogP contribution is 2.34. The minimum Gasteiger partial charge on any atom is -0.477 e. The van der Waals surface area contributed by atoms with Crippen LogP contribution in [0.5, 0.6) is 0 Å². The van der Waals surface area contributed by atoms with Crippen molar-refractivity contribution in [2.24, 2.45) is 0 Å². The fourth-order valence-electron chi connectivity index (χ4n) is 2.16. The second kappa shape index (κ2) is 5.50. The van der Waals surface area contributed by atoms with Gasteiger partial charge in [0, 0.05) is 11.1 Å². The molecule has 0 unspecified atom stereocenters. The van der Waals surface area contributed by atoms with Gasteiger partial charge >= 0.3 is 5.97 Å². The van der Waals surface area contributed by atoms with E-state index in [0.29, 0.717) is 5.69 Å². The molecule has 2 aromatic carbocycles. The van der Waals surface area contributed by atoms with Gasteiger partial charge in [-0.2, -0.15) is 0 Å². The Labute approximate surface area is 126 Å². The summed E-state index contributed by atoms with van der Waals surface area (Å²) in [5.41, 5.74) is 3.39. The number of aromatic nitrogens is 1. The molecule has 0 amide bonds. The molecule has 1 heterocycles. The van der Waals surface area contributed by atoms with Gasteiger partial charge in [0.15, 0.2) is 0 Å². The lowest BCUT2D eigenvalue weighted by Crippen LogP contribution is -1.95. The van der Waals surface area contributed by atoms with Gasteiger partial charge in [-0.05, 0) is 13.0 Å². The number of aryl methyl sites for hydroxylation is 1. The Morgan fingerprint density at radius 1 is 1.05 bits per heavy atom. The topological polar surface area (TPSA) is 50.2 Å². The van der Waals surface area contributed by atoms with E-state index in [1.54, 1.807) is 0 Å². The molecular weight excluding hydrogens is 282 g/mol. The zero-order chi connectivity index (χ0) is 14.8. The maximum absolute atomic E-state index is 11.5. The number of nitrogens with zero attached hydrogens (tertiary/aromatic N) is 1. The molecule has 0 fully saturated rings. The highest BCUT2D eigenvalue weighted by molar-refractivity contribution is 7.17. The van der Waals surface area contributed by atoms with Crippen molar-refractivity contribution in [1.82, 2.24) is 4.98 Å². The van der Waals surface area contributed by atoms with E-state index >= 15 is 0 Å². The molecule has 0 aliphatic heterocycles. The molecule has 21 heavy (non-hydrogen) atoms. The molecule has 0 saturated carbocycles. The fourth-order valence-corrected chi connectivity index (χ4v) is 3.09. The maximum Gasteiger partial charge on any atom is 0.348 e. The van der Waals surface area contributed by atoms with Gasteiger partial charge in [-0.15, -0.1) is 11.3 Å². The third-order valence-electron chi connectivity index (χ3n) is 3.13. The van der Waals surface area contributed by atoms with Crippen molar-refractivity contribution in [1.29, 1.82) is 0 Å². The Hall–Kier alpha value is -2.46. The van der Waals surface area contributed by atoms with Crippen molar-refractivity contribution in [3.63, 3.8) is 0 Å². The van der Waals surface area contributed by atoms with Gasteiger partial charge in [0.2, 0.25) is 0 Å². The molecule has 104 valence electrons. The first-order valence-electron chi connectivity index (χ1n) is 6.52. The summed E-state index contributed by atoms with van der Waals surface area (Å²) in [4.78, 5) is 16.3. The lowest BCUT2D eigenvalue weighted by Gasteiger charge is -2.00. The Bertz CT molecular complexity index is 794. The number of thiazole rings is 1. The number of carboxylic acid groups (broad SMARTS) is 1. The van der Waals surface area contributed by atoms with Crippen LogP contribution in [0.3, 0.4) is 0 Å². The van der Waals surface area contributed by atoms with Crippen LogP contribution in [0.1, 0.15) is 15.2 Å². The summed E-state index contributed by atoms with van der Waals surface area (Å²) < 4.78 is 0. The van der Waals surface area contributed by atoms with Crippen LogP contribution >= 0.6 is 11.3 Å². The van der Waals surface area contributed by atoms with Crippen molar-refractivity contribution in [3.05, 3.63) is 65.0 Å². The van der Waals surface area contributed by atoms with Crippen LogP contribution in [0.15, 0.2) is 54.6 Å². The van der Waals surface area contributed by atoms with Crippen molar-refractivity contribution >= 4 is 17.3 Å². The molecule has 0 aliphatic rings. The molecule has 0 radical (unpaired) electrons. The SMILES string of the molecule is Cc1cccc(-c2nc(-c3ccccc3)sc2C(=O)O)c1. The molecule has 0 atom stereocenters. The lowest BCUT2D eigenvalue weighted by atomic mass is 10.1. The van der Waals surface area contributed by atoms with Crippen molar-refractivity contribution in [2.45, 2.75) is 6.92 Å². The summed E-state index contributed by atoms with van der Waals surface area (Å²) in [5, 5.41) is 10.2. The van der Waals surface area contributed by atoms with Crippen LogP contribution in [0.2, 0.25) is 0 Å². The van der Waals surface area contributed by atoms with Gasteiger partial charge in [-0.1, -0.05) is 54.1 Å². The normalized spacial score (nSPS) is 10.5. The summed E-state index contributed by atoms with van der Waals surface area (Å²) in [6.07, 6.45) is 0. The van der Waals surface area contributed by atoms with Crippen molar-refractivity contribution in [3.8, 4) is 21.8 Å². The Balaban J connectivity index is 2.16. The molecule has 0 spiro atoms. The van der Waals surface area contributed by atoms with Gasteiger partial charge in [-0.25, -0.2) is 9.78 Å². The molecule has 0 aliphatic carbocycles. The Morgan fingerprint density at radius 2 is 1.76 bits per heavy atom. The first kappa shape index (κ1) is 13.5. The van der Waals surface area contributed by atoms with Crippen LogP contribution in [-0.4, -0.2) is 16.1 Å². The zero-order valence-electron chi connectivity index (χ0n) is 11.4. The minimum atomic E-state index is -0.939. The first-order valence-corrected chi connectivity index (χ1v) is 7.33. The molecule has 1 N–H and O–H groups in total. The minimum absolute atomic E-state index is 0.277. The first-order chi connectivity index (χ1) is 10.1. The van der Waals surface area contributed by atoms with E-state index < -0.39 is 5.97 Å². The molecular formula is C17H13NO2S. The number of hydrogen-bond donors (Lipinski definition) is 1. The molecule has 4 heteroatoms. The van der Waals surface area contributed by atoms with E-state index in [2.05, 4.69) is 4.98 Å². The molecule has 0 saturated heterocycles. The third-order valence-corrected chi connectivity index (χ3v) is 4.23. The molecule has 1 aromatic heterocycles. The van der Waals surface area contributed by atoms with Gasteiger partial charge in [-0.3, -0.25) is 0 Å². The summed E-state index contributed by atoms with van der Waals surface area (Å²) in [6, 6.07) is 17.4. The van der Waals surface area contributed by atoms with E-state index in [-0.39, 0.29) is 4.88 Å². The number of aromatic carboxylic acids is 1. The van der Waals surface area contributed by atoms with E-state index in [0.717, 1.165) is 21.7 Å². The summed E-state index contributed by atoms with van der Waals surface area (Å²) in [6.45, 7) is 1.98. The predicted molar refractivity (Wildman–Crippen MR) is 84.7 cm³/mol. The zero-order valence-corrected chi connectivity index (χ0v) is 12.2. The van der Waals surface area contributed by atoms with Crippen LogP contribution in [0.25, 0.3) is 21.8 Å². The second-order valence-electron chi connectivity index (χ2n) is 4.74. The number of carboxylic acids is 1. The van der Waals surface area contributed by atoms with E-state index in [4.69, 9.17) is 0 Å². The average Bonchev–Trinajstić information content (AvgIpc) is 2.93. The van der Waals surface area contributed by atoms with E-state index in [1.165, 1.54) is 11.3 Å². The van der Waals surface area contributed by atoms with Gasteiger partial charge < -0.3 is 5.11 Å². The van der Waals surface area contributed by atoms with Crippen LogP contribution < -0.4 is 0 Å². The fraction of sp³-hybridized carbons (Fsp3) is 0.0588. The largest absolute Gasteiger partial charge is 0.477 e.